The van der Waals surface area contributed by atoms with E-state index in [4.69, 9.17) is 0 Å². The van der Waals surface area contributed by atoms with Crippen molar-refractivity contribution in [3.05, 3.63) is 5.01 Å². The van der Waals surface area contributed by atoms with E-state index in [9.17, 15) is 9.59 Å². The van der Waals surface area contributed by atoms with Crippen LogP contribution in [0.4, 0.5) is 5.13 Å². The maximum atomic E-state index is 11.9. The normalized spacial score (nSPS) is 11.8. The molecule has 1 unspecified atom stereocenters. The lowest BCUT2D eigenvalue weighted by Crippen LogP contribution is -2.45. The fourth-order valence-corrected chi connectivity index (χ4v) is 2.02. The molecule has 7 nitrogen and oxygen atoms in total. The lowest BCUT2D eigenvalue weighted by Gasteiger charge is -2.12. The van der Waals surface area contributed by atoms with E-state index >= 15 is 0 Å². The average Bonchev–Trinajstić information content (AvgIpc) is 2.91. The summed E-state index contributed by atoms with van der Waals surface area (Å²) in [5, 5.41) is 16.9. The van der Waals surface area contributed by atoms with Crippen molar-refractivity contribution in [2.75, 3.05) is 18.4 Å². The largest absolute Gasteiger partial charge is 0.360 e. The molecule has 3 N–H and O–H groups in total. The van der Waals surface area contributed by atoms with Gasteiger partial charge in [0, 0.05) is 13.1 Å². The van der Waals surface area contributed by atoms with Crippen molar-refractivity contribution in [3.63, 3.8) is 0 Å². The number of carbonyl (C=O) groups is 2. The molecular formula is C12H21N5O2S. The summed E-state index contributed by atoms with van der Waals surface area (Å²) >= 11 is 1.18. The van der Waals surface area contributed by atoms with Gasteiger partial charge in [0.05, 0.1) is 0 Å². The number of nitrogens with zero attached hydrogens (tertiary/aromatic N) is 2. The Morgan fingerprint density at radius 1 is 1.20 bits per heavy atom. The zero-order chi connectivity index (χ0) is 15.0. The van der Waals surface area contributed by atoms with Crippen LogP contribution in [0.15, 0.2) is 0 Å². The van der Waals surface area contributed by atoms with Gasteiger partial charge >= 0.3 is 0 Å². The van der Waals surface area contributed by atoms with Crippen LogP contribution >= 0.6 is 11.3 Å². The van der Waals surface area contributed by atoms with Gasteiger partial charge in [-0.1, -0.05) is 25.2 Å². The second kappa shape index (κ2) is 8.47. The Morgan fingerprint density at radius 3 is 2.55 bits per heavy atom. The molecule has 2 amide bonds. The third kappa shape index (κ3) is 5.12. The molecule has 1 rings (SSSR count). The van der Waals surface area contributed by atoms with Crippen molar-refractivity contribution >= 4 is 28.3 Å². The number of hydrogen-bond donors (Lipinski definition) is 3. The number of amides is 2. The van der Waals surface area contributed by atoms with E-state index in [0.29, 0.717) is 11.7 Å². The highest BCUT2D eigenvalue weighted by atomic mass is 32.1. The summed E-state index contributed by atoms with van der Waals surface area (Å²) in [6, 6.07) is -0.593. The van der Waals surface area contributed by atoms with Crippen LogP contribution in [0.1, 0.15) is 43.4 Å². The monoisotopic (exact) mass is 299 g/mol. The highest BCUT2D eigenvalue weighted by Crippen LogP contribution is 2.14. The van der Waals surface area contributed by atoms with Crippen LogP contribution in [-0.4, -0.2) is 41.1 Å². The molecule has 0 fully saturated rings. The summed E-state index contributed by atoms with van der Waals surface area (Å²) in [5.74, 6) is -0.583. The van der Waals surface area contributed by atoms with Gasteiger partial charge in [-0.25, -0.2) is 0 Å². The van der Waals surface area contributed by atoms with Crippen LogP contribution in [0, 0.1) is 0 Å². The van der Waals surface area contributed by atoms with Crippen LogP contribution in [-0.2, 0) is 4.79 Å². The van der Waals surface area contributed by atoms with E-state index in [1.54, 1.807) is 6.92 Å². The predicted octanol–water partition coefficient (Wildman–Crippen LogP) is 1.00. The first-order chi connectivity index (χ1) is 9.58. The molecule has 1 aromatic heterocycles. The van der Waals surface area contributed by atoms with E-state index in [2.05, 4.69) is 26.1 Å². The van der Waals surface area contributed by atoms with Crippen molar-refractivity contribution < 1.29 is 9.59 Å². The molecule has 0 aromatic carbocycles. The molecular weight excluding hydrogens is 278 g/mol. The average molecular weight is 299 g/mol. The van der Waals surface area contributed by atoms with Crippen LogP contribution in [0.3, 0.4) is 0 Å². The Hall–Kier alpha value is -1.70. The number of aromatic nitrogens is 2. The van der Waals surface area contributed by atoms with Crippen molar-refractivity contribution in [3.8, 4) is 0 Å². The topological polar surface area (TPSA) is 96.0 Å². The van der Waals surface area contributed by atoms with Gasteiger partial charge in [-0.3, -0.25) is 9.59 Å². The molecule has 0 radical (unpaired) electrons. The Morgan fingerprint density at radius 2 is 1.90 bits per heavy atom. The van der Waals surface area contributed by atoms with Gasteiger partial charge in [0.2, 0.25) is 16.0 Å². The SMILES string of the molecule is CCCNC(=O)C(C)NC(=O)c1nnc(NCCC)s1. The Balaban J connectivity index is 2.49. The van der Waals surface area contributed by atoms with Gasteiger partial charge in [-0.2, -0.15) is 0 Å². The molecule has 1 aromatic rings. The van der Waals surface area contributed by atoms with Crippen molar-refractivity contribution in [1.29, 1.82) is 0 Å². The molecule has 0 spiro atoms. The van der Waals surface area contributed by atoms with Crippen molar-refractivity contribution in [2.45, 2.75) is 39.7 Å². The number of anilines is 1. The van der Waals surface area contributed by atoms with E-state index in [0.717, 1.165) is 19.4 Å². The molecule has 112 valence electrons. The Bertz CT molecular complexity index is 449. The number of nitrogens with one attached hydrogen (secondary N) is 3. The molecule has 0 saturated heterocycles. The minimum absolute atomic E-state index is 0.200. The lowest BCUT2D eigenvalue weighted by atomic mass is 10.3. The predicted molar refractivity (Wildman–Crippen MR) is 78.9 cm³/mol. The standard InChI is InChI=1S/C12H21N5O2S/c1-4-6-13-9(18)8(3)15-10(19)11-16-17-12(20-11)14-7-5-2/h8H,4-7H2,1-3H3,(H,13,18)(H,14,17)(H,15,19). The van der Waals surface area contributed by atoms with Crippen LogP contribution in [0.5, 0.6) is 0 Å². The highest BCUT2D eigenvalue weighted by molar-refractivity contribution is 7.17. The fourth-order valence-electron chi connectivity index (χ4n) is 1.34. The molecule has 0 aliphatic heterocycles. The summed E-state index contributed by atoms with van der Waals surface area (Å²) < 4.78 is 0. The summed E-state index contributed by atoms with van der Waals surface area (Å²) in [6.45, 7) is 7.03. The first-order valence-corrected chi connectivity index (χ1v) is 7.56. The molecule has 0 saturated carbocycles. The fraction of sp³-hybridized carbons (Fsp3) is 0.667. The van der Waals surface area contributed by atoms with Gasteiger partial charge in [0.1, 0.15) is 6.04 Å². The number of carbonyl (C=O) groups excluding carboxylic acids is 2. The third-order valence-corrected chi connectivity index (χ3v) is 3.32. The van der Waals surface area contributed by atoms with Gasteiger partial charge in [0.15, 0.2) is 0 Å². The van der Waals surface area contributed by atoms with E-state index < -0.39 is 6.04 Å². The van der Waals surface area contributed by atoms with Gasteiger partial charge < -0.3 is 16.0 Å². The van der Waals surface area contributed by atoms with E-state index in [-0.39, 0.29) is 16.8 Å². The van der Waals surface area contributed by atoms with Crippen molar-refractivity contribution in [2.24, 2.45) is 0 Å². The molecule has 8 heteroatoms. The quantitative estimate of drug-likeness (QED) is 0.665. The summed E-state index contributed by atoms with van der Waals surface area (Å²) in [5.41, 5.74) is 0. The molecule has 0 aliphatic carbocycles. The minimum atomic E-state index is -0.593. The Labute approximate surface area is 122 Å². The van der Waals surface area contributed by atoms with Crippen LogP contribution in [0.2, 0.25) is 0 Å². The Kier molecular flexibility index (Phi) is 6.92. The highest BCUT2D eigenvalue weighted by Gasteiger charge is 2.19. The number of rotatable bonds is 8. The molecule has 0 aliphatic rings. The van der Waals surface area contributed by atoms with Gasteiger partial charge in [0.25, 0.3) is 5.91 Å². The van der Waals surface area contributed by atoms with E-state index in [1.165, 1.54) is 11.3 Å². The smallest absolute Gasteiger partial charge is 0.282 e. The van der Waals surface area contributed by atoms with Gasteiger partial charge in [-0.05, 0) is 19.8 Å². The second-order valence-electron chi connectivity index (χ2n) is 4.33. The van der Waals surface area contributed by atoms with Crippen molar-refractivity contribution in [1.82, 2.24) is 20.8 Å². The number of hydrogen-bond acceptors (Lipinski definition) is 6. The zero-order valence-electron chi connectivity index (χ0n) is 12.0. The second-order valence-corrected chi connectivity index (χ2v) is 5.30. The zero-order valence-corrected chi connectivity index (χ0v) is 12.8. The first-order valence-electron chi connectivity index (χ1n) is 6.74. The lowest BCUT2D eigenvalue weighted by molar-refractivity contribution is -0.122. The maximum Gasteiger partial charge on any atom is 0.282 e. The van der Waals surface area contributed by atoms with E-state index in [1.807, 2.05) is 13.8 Å². The summed E-state index contributed by atoms with van der Waals surface area (Å²) in [4.78, 5) is 23.6. The van der Waals surface area contributed by atoms with Gasteiger partial charge in [-0.15, -0.1) is 10.2 Å². The summed E-state index contributed by atoms with van der Waals surface area (Å²) in [7, 11) is 0. The maximum absolute atomic E-state index is 11.9. The summed E-state index contributed by atoms with van der Waals surface area (Å²) in [6.07, 6.45) is 1.82. The van der Waals surface area contributed by atoms with Crippen LogP contribution < -0.4 is 16.0 Å². The third-order valence-electron chi connectivity index (χ3n) is 2.44. The van der Waals surface area contributed by atoms with Crippen LogP contribution in [0.25, 0.3) is 0 Å². The first kappa shape index (κ1) is 16.4. The molecule has 1 heterocycles. The minimum Gasteiger partial charge on any atom is -0.360 e. The molecule has 1 atom stereocenters. The molecule has 20 heavy (non-hydrogen) atoms. The molecule has 0 bridgehead atoms.